The maximum Gasteiger partial charge on any atom is 0.168 e. The van der Waals surface area contributed by atoms with Gasteiger partial charge in [-0.1, -0.05) is 24.3 Å². The van der Waals surface area contributed by atoms with Crippen LogP contribution >= 0.6 is 0 Å². The molecular formula is C25H23N5O2. The number of fused-ring (bicyclic) bond motifs is 1. The standard InChI is InChI=1S/C25H23N5O2/c31-25(19-3-1-18(2-4-19)17-30-9-11-32-12-10-30)14-21-13-23-20(15-28-21)5-6-22(29-23)24-16-26-7-8-27-24/h1-8,13,15-16H,9-12,14,17H2. The number of ketones is 1. The van der Waals surface area contributed by atoms with E-state index in [2.05, 4.69) is 24.8 Å². The topological polar surface area (TPSA) is 81.1 Å². The van der Waals surface area contributed by atoms with E-state index in [1.807, 2.05) is 42.5 Å². The molecule has 1 aliphatic rings. The van der Waals surface area contributed by atoms with E-state index in [0.717, 1.165) is 49.4 Å². The first kappa shape index (κ1) is 20.4. The van der Waals surface area contributed by atoms with Crippen LogP contribution in [0, 0.1) is 0 Å². The van der Waals surface area contributed by atoms with Crippen LogP contribution in [0.15, 0.2) is 67.3 Å². The molecule has 0 N–H and O–H groups in total. The van der Waals surface area contributed by atoms with Gasteiger partial charge >= 0.3 is 0 Å². The number of carbonyl (C=O) groups excluding carboxylic acids is 1. The number of benzene rings is 1. The number of ether oxygens (including phenoxy) is 1. The number of pyridine rings is 2. The number of rotatable bonds is 6. The van der Waals surface area contributed by atoms with Gasteiger partial charge in [0, 0.05) is 49.2 Å². The van der Waals surface area contributed by atoms with E-state index >= 15 is 0 Å². The number of hydrogen-bond donors (Lipinski definition) is 0. The SMILES string of the molecule is O=C(Cc1cc2nc(-c3cnccn3)ccc2cn1)c1ccc(CN2CCOCC2)cc1. The Morgan fingerprint density at radius 2 is 1.78 bits per heavy atom. The molecule has 1 fully saturated rings. The fourth-order valence-corrected chi connectivity index (χ4v) is 3.81. The van der Waals surface area contributed by atoms with Crippen molar-refractivity contribution in [3.63, 3.8) is 0 Å². The summed E-state index contributed by atoms with van der Waals surface area (Å²) in [5.74, 6) is 0.0415. The Morgan fingerprint density at radius 3 is 2.56 bits per heavy atom. The van der Waals surface area contributed by atoms with E-state index in [1.54, 1.807) is 24.8 Å². The second-order valence-corrected chi connectivity index (χ2v) is 7.84. The summed E-state index contributed by atoms with van der Waals surface area (Å²) < 4.78 is 5.40. The third-order valence-electron chi connectivity index (χ3n) is 5.58. The maximum atomic E-state index is 12.8. The van der Waals surface area contributed by atoms with Crippen molar-refractivity contribution in [3.05, 3.63) is 84.1 Å². The molecule has 0 radical (unpaired) electrons. The van der Waals surface area contributed by atoms with Crippen molar-refractivity contribution in [2.24, 2.45) is 0 Å². The largest absolute Gasteiger partial charge is 0.379 e. The molecule has 0 atom stereocenters. The van der Waals surface area contributed by atoms with Crippen LogP contribution in [0.2, 0.25) is 0 Å². The lowest BCUT2D eigenvalue weighted by Crippen LogP contribution is -2.35. The van der Waals surface area contributed by atoms with Crippen molar-refractivity contribution in [2.75, 3.05) is 26.3 Å². The predicted molar refractivity (Wildman–Crippen MR) is 121 cm³/mol. The fourth-order valence-electron chi connectivity index (χ4n) is 3.81. The average Bonchev–Trinajstić information content (AvgIpc) is 2.85. The lowest BCUT2D eigenvalue weighted by molar-refractivity contribution is 0.0342. The summed E-state index contributed by atoms with van der Waals surface area (Å²) in [5.41, 5.74) is 4.83. The maximum absolute atomic E-state index is 12.8. The quantitative estimate of drug-likeness (QED) is 0.438. The van der Waals surface area contributed by atoms with Crippen LogP contribution in [0.4, 0.5) is 0 Å². The molecule has 0 unspecified atom stereocenters. The molecule has 0 saturated carbocycles. The second kappa shape index (κ2) is 9.30. The number of hydrogen-bond acceptors (Lipinski definition) is 7. The van der Waals surface area contributed by atoms with Crippen LogP contribution in [-0.4, -0.2) is 56.9 Å². The first-order valence-electron chi connectivity index (χ1n) is 10.7. The van der Waals surface area contributed by atoms with Crippen molar-refractivity contribution in [1.82, 2.24) is 24.8 Å². The van der Waals surface area contributed by atoms with Crippen LogP contribution in [-0.2, 0) is 17.7 Å². The van der Waals surface area contributed by atoms with Gasteiger partial charge in [0.05, 0.1) is 42.7 Å². The highest BCUT2D eigenvalue weighted by molar-refractivity contribution is 5.97. The lowest BCUT2D eigenvalue weighted by Gasteiger charge is -2.26. The van der Waals surface area contributed by atoms with Crippen LogP contribution in [0.3, 0.4) is 0 Å². The number of nitrogens with zero attached hydrogens (tertiary/aromatic N) is 5. The summed E-state index contributed by atoms with van der Waals surface area (Å²) >= 11 is 0. The van der Waals surface area contributed by atoms with E-state index in [1.165, 1.54) is 5.56 Å². The smallest absolute Gasteiger partial charge is 0.168 e. The van der Waals surface area contributed by atoms with Gasteiger partial charge in [-0.25, -0.2) is 4.98 Å². The van der Waals surface area contributed by atoms with E-state index in [-0.39, 0.29) is 12.2 Å². The highest BCUT2D eigenvalue weighted by Crippen LogP contribution is 2.19. The molecule has 0 amide bonds. The van der Waals surface area contributed by atoms with Crippen LogP contribution in [0.25, 0.3) is 22.3 Å². The van der Waals surface area contributed by atoms with Crippen LogP contribution in [0.1, 0.15) is 21.6 Å². The summed E-state index contributed by atoms with van der Waals surface area (Å²) in [6.45, 7) is 4.33. The fraction of sp³-hybridized carbons (Fsp3) is 0.240. The normalized spacial score (nSPS) is 14.5. The Morgan fingerprint density at radius 1 is 0.938 bits per heavy atom. The number of Topliss-reactive ketones (excluding diaryl/α,β-unsaturated/α-hetero) is 1. The minimum Gasteiger partial charge on any atom is -0.379 e. The zero-order valence-corrected chi connectivity index (χ0v) is 17.6. The first-order chi connectivity index (χ1) is 15.7. The lowest BCUT2D eigenvalue weighted by atomic mass is 10.0. The zero-order valence-electron chi connectivity index (χ0n) is 17.6. The van der Waals surface area contributed by atoms with Gasteiger partial charge in [-0.15, -0.1) is 0 Å². The van der Waals surface area contributed by atoms with Gasteiger partial charge in [0.2, 0.25) is 0 Å². The van der Waals surface area contributed by atoms with Crippen molar-refractivity contribution < 1.29 is 9.53 Å². The Labute approximate surface area is 186 Å². The highest BCUT2D eigenvalue weighted by Gasteiger charge is 2.13. The van der Waals surface area contributed by atoms with Gasteiger partial charge in [-0.2, -0.15) is 0 Å². The molecule has 4 heterocycles. The molecule has 1 saturated heterocycles. The molecule has 32 heavy (non-hydrogen) atoms. The molecular weight excluding hydrogens is 402 g/mol. The van der Waals surface area contributed by atoms with Crippen molar-refractivity contribution in [3.8, 4) is 11.4 Å². The summed E-state index contributed by atoms with van der Waals surface area (Å²) in [7, 11) is 0. The van der Waals surface area contributed by atoms with Gasteiger partial charge in [0.25, 0.3) is 0 Å². The third kappa shape index (κ3) is 4.69. The highest BCUT2D eigenvalue weighted by atomic mass is 16.5. The number of carbonyl (C=O) groups is 1. The predicted octanol–water partition coefficient (Wildman–Crippen LogP) is 3.34. The first-order valence-corrected chi connectivity index (χ1v) is 10.7. The minimum atomic E-state index is 0.0415. The third-order valence-corrected chi connectivity index (χ3v) is 5.58. The van der Waals surface area contributed by atoms with E-state index in [9.17, 15) is 4.79 Å². The van der Waals surface area contributed by atoms with Gasteiger partial charge in [-0.3, -0.25) is 24.6 Å². The summed E-state index contributed by atoms with van der Waals surface area (Å²) in [5, 5.41) is 0.918. The molecule has 0 bridgehead atoms. The Bertz CT molecular complexity index is 1220. The Kier molecular flexibility index (Phi) is 5.91. The van der Waals surface area contributed by atoms with Gasteiger partial charge < -0.3 is 4.74 Å². The molecule has 5 rings (SSSR count). The van der Waals surface area contributed by atoms with Gasteiger partial charge in [0.1, 0.15) is 5.69 Å². The molecule has 160 valence electrons. The van der Waals surface area contributed by atoms with Crippen molar-refractivity contribution in [2.45, 2.75) is 13.0 Å². The molecule has 1 aromatic carbocycles. The summed E-state index contributed by atoms with van der Waals surface area (Å²) in [4.78, 5) is 32.8. The number of aromatic nitrogens is 4. The minimum absolute atomic E-state index is 0.0415. The van der Waals surface area contributed by atoms with Gasteiger partial charge in [-0.05, 0) is 23.8 Å². The van der Waals surface area contributed by atoms with E-state index < -0.39 is 0 Å². The van der Waals surface area contributed by atoms with Crippen LogP contribution < -0.4 is 0 Å². The molecule has 0 aliphatic carbocycles. The monoisotopic (exact) mass is 425 g/mol. The molecule has 7 heteroatoms. The van der Waals surface area contributed by atoms with Crippen LogP contribution in [0.5, 0.6) is 0 Å². The Hall–Kier alpha value is -3.55. The van der Waals surface area contributed by atoms with E-state index in [4.69, 9.17) is 4.74 Å². The average molecular weight is 425 g/mol. The van der Waals surface area contributed by atoms with E-state index in [0.29, 0.717) is 17.0 Å². The molecule has 3 aromatic heterocycles. The molecule has 4 aromatic rings. The zero-order chi connectivity index (χ0) is 21.8. The summed E-state index contributed by atoms with van der Waals surface area (Å²) in [6.07, 6.45) is 6.95. The summed E-state index contributed by atoms with van der Waals surface area (Å²) in [6, 6.07) is 13.6. The molecule has 1 aliphatic heterocycles. The van der Waals surface area contributed by atoms with Crippen molar-refractivity contribution in [1.29, 1.82) is 0 Å². The molecule has 7 nitrogen and oxygen atoms in total. The van der Waals surface area contributed by atoms with Crippen molar-refractivity contribution >= 4 is 16.7 Å². The number of morpholine rings is 1. The Balaban J connectivity index is 1.29. The molecule has 0 spiro atoms. The second-order valence-electron chi connectivity index (χ2n) is 7.84. The van der Waals surface area contributed by atoms with Gasteiger partial charge in [0.15, 0.2) is 5.78 Å².